The number of hydrogen-bond donors (Lipinski definition) is 1. The first-order valence-corrected chi connectivity index (χ1v) is 4.07. The van der Waals surface area contributed by atoms with Gasteiger partial charge in [0.25, 0.3) is 5.97 Å². The predicted molar refractivity (Wildman–Crippen MR) is 48.0 cm³/mol. The summed E-state index contributed by atoms with van der Waals surface area (Å²) < 4.78 is 0. The van der Waals surface area contributed by atoms with Gasteiger partial charge in [0, 0.05) is 26.9 Å². The number of rotatable bonds is 3. The van der Waals surface area contributed by atoms with E-state index < -0.39 is 5.97 Å². The molecule has 0 fully saturated rings. The van der Waals surface area contributed by atoms with Gasteiger partial charge in [-0.15, -0.1) is 5.06 Å². The molecule has 0 aromatic carbocycles. The maximum atomic E-state index is 10.3. The highest BCUT2D eigenvalue weighted by atomic mass is 16.7. The Kier molecular flexibility index (Phi) is 9.98. The quantitative estimate of drug-likeness (QED) is 0.671. The lowest BCUT2D eigenvalue weighted by molar-refractivity contribution is -0.185. The number of hydrogen-bond acceptors (Lipinski definition) is 4. The van der Waals surface area contributed by atoms with Crippen molar-refractivity contribution in [2.45, 2.75) is 27.7 Å². The number of nitrogens with zero attached hydrogens (tertiary/aromatic N) is 1. The average Bonchev–Trinajstić information content (AvgIpc) is 1.98. The molecular formula is C8H17NO4. The van der Waals surface area contributed by atoms with Crippen molar-refractivity contribution in [2.75, 3.05) is 13.1 Å². The summed E-state index contributed by atoms with van der Waals surface area (Å²) in [6.45, 7) is 7.85. The minimum absolute atomic E-state index is 0.251. The van der Waals surface area contributed by atoms with Crippen LogP contribution in [0, 0.1) is 0 Å². The fourth-order valence-electron chi connectivity index (χ4n) is 0.535. The Hall–Kier alpha value is -1.10. The SMILES string of the molecule is CC(=O)O.CCN(CC)OC(C)=O. The number of aliphatic carboxylic acids is 1. The highest BCUT2D eigenvalue weighted by Crippen LogP contribution is 1.87. The molecule has 0 saturated heterocycles. The highest BCUT2D eigenvalue weighted by molar-refractivity contribution is 5.65. The highest BCUT2D eigenvalue weighted by Gasteiger charge is 2.00. The van der Waals surface area contributed by atoms with Crippen molar-refractivity contribution in [1.29, 1.82) is 0 Å². The smallest absolute Gasteiger partial charge is 0.322 e. The van der Waals surface area contributed by atoms with Gasteiger partial charge in [-0.3, -0.25) is 9.59 Å². The Morgan fingerprint density at radius 2 is 1.54 bits per heavy atom. The monoisotopic (exact) mass is 191 g/mol. The zero-order valence-electron chi connectivity index (χ0n) is 8.53. The maximum Gasteiger partial charge on any atom is 0.322 e. The van der Waals surface area contributed by atoms with Crippen LogP contribution in [0.3, 0.4) is 0 Å². The summed E-state index contributed by atoms with van der Waals surface area (Å²) in [4.78, 5) is 24.1. The summed E-state index contributed by atoms with van der Waals surface area (Å²) in [5, 5.41) is 9.02. The van der Waals surface area contributed by atoms with Crippen molar-refractivity contribution in [3.63, 3.8) is 0 Å². The number of carboxylic acids is 1. The zero-order valence-corrected chi connectivity index (χ0v) is 8.53. The van der Waals surface area contributed by atoms with Gasteiger partial charge < -0.3 is 9.94 Å². The van der Waals surface area contributed by atoms with Crippen LogP contribution in [0.15, 0.2) is 0 Å². The minimum atomic E-state index is -0.833. The molecule has 0 aromatic rings. The van der Waals surface area contributed by atoms with E-state index in [0.717, 1.165) is 20.0 Å². The molecule has 0 atom stereocenters. The van der Waals surface area contributed by atoms with Gasteiger partial charge in [0.15, 0.2) is 0 Å². The molecule has 1 N–H and O–H groups in total. The maximum absolute atomic E-state index is 10.3. The Labute approximate surface area is 78.2 Å². The summed E-state index contributed by atoms with van der Waals surface area (Å²) in [7, 11) is 0. The first-order chi connectivity index (χ1) is 5.93. The summed E-state index contributed by atoms with van der Waals surface area (Å²) in [6.07, 6.45) is 0. The molecule has 0 aromatic heterocycles. The number of carboxylic acid groups (broad SMARTS) is 1. The molecule has 0 amide bonds. The van der Waals surface area contributed by atoms with Gasteiger partial charge in [0.2, 0.25) is 0 Å². The molecule has 0 aliphatic rings. The number of hydroxylamine groups is 2. The van der Waals surface area contributed by atoms with Crippen molar-refractivity contribution in [2.24, 2.45) is 0 Å². The van der Waals surface area contributed by atoms with Crippen LogP contribution >= 0.6 is 0 Å². The number of carbonyl (C=O) groups excluding carboxylic acids is 1. The molecule has 0 saturated carbocycles. The van der Waals surface area contributed by atoms with E-state index in [0.29, 0.717) is 0 Å². The van der Waals surface area contributed by atoms with Crippen molar-refractivity contribution >= 4 is 11.9 Å². The van der Waals surface area contributed by atoms with Crippen molar-refractivity contribution < 1.29 is 19.5 Å². The van der Waals surface area contributed by atoms with E-state index in [9.17, 15) is 4.79 Å². The average molecular weight is 191 g/mol. The molecule has 0 heterocycles. The fraction of sp³-hybridized carbons (Fsp3) is 0.750. The van der Waals surface area contributed by atoms with Crippen LogP contribution in [0.1, 0.15) is 27.7 Å². The molecule has 5 heteroatoms. The molecule has 5 nitrogen and oxygen atoms in total. The third-order valence-electron chi connectivity index (χ3n) is 0.963. The van der Waals surface area contributed by atoms with Gasteiger partial charge in [-0.1, -0.05) is 0 Å². The molecule has 13 heavy (non-hydrogen) atoms. The van der Waals surface area contributed by atoms with Crippen LogP contribution in [0.2, 0.25) is 0 Å². The van der Waals surface area contributed by atoms with Crippen LogP contribution < -0.4 is 0 Å². The molecule has 0 rings (SSSR count). The van der Waals surface area contributed by atoms with Gasteiger partial charge in [0.05, 0.1) is 0 Å². The van der Waals surface area contributed by atoms with Crippen LogP contribution in [0.5, 0.6) is 0 Å². The zero-order chi connectivity index (χ0) is 10.9. The largest absolute Gasteiger partial charge is 0.481 e. The van der Waals surface area contributed by atoms with E-state index in [1.165, 1.54) is 6.92 Å². The van der Waals surface area contributed by atoms with Gasteiger partial charge in [0.1, 0.15) is 0 Å². The van der Waals surface area contributed by atoms with Crippen molar-refractivity contribution in [1.82, 2.24) is 5.06 Å². The number of carbonyl (C=O) groups is 2. The van der Waals surface area contributed by atoms with E-state index in [1.54, 1.807) is 5.06 Å². The Bertz CT molecular complexity index is 150. The first kappa shape index (κ1) is 14.4. The minimum Gasteiger partial charge on any atom is -0.481 e. The molecule has 0 aliphatic heterocycles. The topological polar surface area (TPSA) is 66.8 Å². The third kappa shape index (κ3) is 18.1. The van der Waals surface area contributed by atoms with Crippen LogP contribution in [0.4, 0.5) is 0 Å². The van der Waals surface area contributed by atoms with E-state index >= 15 is 0 Å². The molecule has 0 unspecified atom stereocenters. The van der Waals surface area contributed by atoms with Gasteiger partial charge in [-0.05, 0) is 13.8 Å². The Balaban J connectivity index is 0. The molecular weight excluding hydrogens is 174 g/mol. The lowest BCUT2D eigenvalue weighted by Crippen LogP contribution is -2.25. The first-order valence-electron chi connectivity index (χ1n) is 4.07. The fourth-order valence-corrected chi connectivity index (χ4v) is 0.535. The standard InChI is InChI=1S/C6H13NO2.C2H4O2/c1-4-7(5-2)9-6(3)8;1-2(3)4/h4-5H2,1-3H3;1H3,(H,3,4). The normalized spacial score (nSPS) is 8.69. The summed E-state index contributed by atoms with van der Waals surface area (Å²) in [6, 6.07) is 0. The van der Waals surface area contributed by atoms with E-state index in [1.807, 2.05) is 13.8 Å². The third-order valence-corrected chi connectivity index (χ3v) is 0.963. The molecule has 0 radical (unpaired) electrons. The molecule has 78 valence electrons. The Morgan fingerprint density at radius 1 is 1.23 bits per heavy atom. The van der Waals surface area contributed by atoms with Crippen molar-refractivity contribution in [3.05, 3.63) is 0 Å². The Morgan fingerprint density at radius 3 is 1.62 bits per heavy atom. The summed E-state index contributed by atoms with van der Waals surface area (Å²) >= 11 is 0. The van der Waals surface area contributed by atoms with Crippen LogP contribution in [-0.4, -0.2) is 35.2 Å². The van der Waals surface area contributed by atoms with E-state index in [-0.39, 0.29) is 5.97 Å². The van der Waals surface area contributed by atoms with Gasteiger partial charge >= 0.3 is 5.97 Å². The van der Waals surface area contributed by atoms with Crippen molar-refractivity contribution in [3.8, 4) is 0 Å². The second-order valence-electron chi connectivity index (χ2n) is 2.22. The predicted octanol–water partition coefficient (Wildman–Crippen LogP) is 0.897. The van der Waals surface area contributed by atoms with Crippen LogP contribution in [-0.2, 0) is 14.4 Å². The summed E-state index contributed by atoms with van der Waals surface area (Å²) in [5.41, 5.74) is 0. The van der Waals surface area contributed by atoms with Gasteiger partial charge in [-0.25, -0.2) is 0 Å². The van der Waals surface area contributed by atoms with E-state index in [2.05, 4.69) is 0 Å². The summed E-state index contributed by atoms with van der Waals surface area (Å²) in [5.74, 6) is -1.08. The molecule has 0 spiro atoms. The second kappa shape index (κ2) is 8.99. The molecule has 0 aliphatic carbocycles. The van der Waals surface area contributed by atoms with Gasteiger partial charge in [-0.2, -0.15) is 0 Å². The van der Waals surface area contributed by atoms with Crippen LogP contribution in [0.25, 0.3) is 0 Å². The van der Waals surface area contributed by atoms with E-state index in [4.69, 9.17) is 14.7 Å². The lowest BCUT2D eigenvalue weighted by atomic mass is 10.6. The molecule has 0 bridgehead atoms. The lowest BCUT2D eigenvalue weighted by Gasteiger charge is -2.15. The second-order valence-corrected chi connectivity index (χ2v) is 2.22.